The topological polar surface area (TPSA) is 54.0 Å². The van der Waals surface area contributed by atoms with Crippen LogP contribution in [-0.4, -0.2) is 35.8 Å². The smallest absolute Gasteiger partial charge is 0.436 e. The second-order valence-electron chi connectivity index (χ2n) is 3.32. The number of ether oxygens (including phenoxy) is 1. The fraction of sp³-hybridized carbons (Fsp3) is 0.700. The zero-order chi connectivity index (χ0) is 12.6. The van der Waals surface area contributed by atoms with E-state index in [4.69, 9.17) is 18.0 Å². The van der Waals surface area contributed by atoms with Crippen LogP contribution in [-0.2, 0) is 22.8 Å². The van der Waals surface area contributed by atoms with Gasteiger partial charge in [0.05, 0.1) is 0 Å². The monoisotopic (exact) mass is 248 g/mol. The Morgan fingerprint density at radius 2 is 1.88 bits per heavy atom. The molecule has 0 saturated carbocycles. The van der Waals surface area contributed by atoms with Crippen LogP contribution >= 0.6 is 0 Å². The average Bonchev–Trinajstić information content (AvgIpc) is 2.27. The Balaban J connectivity index is 4.12. The number of hydrogen-bond acceptors (Lipinski definition) is 5. The molecule has 0 aliphatic carbocycles. The maximum atomic E-state index is 11.1. The number of rotatable bonds is 8. The summed E-state index contributed by atoms with van der Waals surface area (Å²) < 4.78 is 20.7. The van der Waals surface area contributed by atoms with Gasteiger partial charge in [0, 0.05) is 25.8 Å². The third-order valence-electron chi connectivity index (χ3n) is 2.00. The predicted molar refractivity (Wildman–Crippen MR) is 61.7 cm³/mol. The minimum absolute atomic E-state index is 0.167. The van der Waals surface area contributed by atoms with Gasteiger partial charge in [-0.2, -0.15) is 0 Å². The first-order chi connectivity index (χ1) is 7.51. The van der Waals surface area contributed by atoms with Crippen LogP contribution < -0.4 is 0 Å². The molecule has 0 fully saturated rings. The van der Waals surface area contributed by atoms with Crippen molar-refractivity contribution in [3.8, 4) is 0 Å². The quantitative estimate of drug-likeness (QED) is 0.283. The van der Waals surface area contributed by atoms with E-state index in [1.807, 2.05) is 6.92 Å². The van der Waals surface area contributed by atoms with E-state index in [1.165, 1.54) is 14.2 Å². The highest BCUT2D eigenvalue weighted by atomic mass is 28.4. The molecule has 0 unspecified atom stereocenters. The lowest BCUT2D eigenvalue weighted by molar-refractivity contribution is -0.147. The molecule has 5 nitrogen and oxygen atoms in total. The Kier molecular flexibility index (Phi) is 7.23. The third-order valence-corrected chi connectivity index (χ3v) is 4.91. The van der Waals surface area contributed by atoms with Crippen LogP contribution in [0.5, 0.6) is 0 Å². The molecule has 0 aromatic heterocycles. The zero-order valence-corrected chi connectivity index (χ0v) is 11.4. The summed E-state index contributed by atoms with van der Waals surface area (Å²) in [6, 6.07) is 0.685. The Hall–Kier alpha value is -0.693. The fourth-order valence-corrected chi connectivity index (χ4v) is 2.89. The van der Waals surface area contributed by atoms with Crippen molar-refractivity contribution in [2.24, 2.45) is 0 Å². The van der Waals surface area contributed by atoms with Crippen molar-refractivity contribution in [1.82, 2.24) is 0 Å². The van der Waals surface area contributed by atoms with Gasteiger partial charge in [0.15, 0.2) is 6.79 Å². The summed E-state index contributed by atoms with van der Waals surface area (Å²) in [5, 5.41) is 0. The van der Waals surface area contributed by atoms with Crippen LogP contribution in [0.1, 0.15) is 20.3 Å². The van der Waals surface area contributed by atoms with Crippen LogP contribution in [0.15, 0.2) is 12.2 Å². The maximum Gasteiger partial charge on any atom is 0.502 e. The van der Waals surface area contributed by atoms with E-state index in [-0.39, 0.29) is 6.79 Å². The van der Waals surface area contributed by atoms with Crippen molar-refractivity contribution in [2.45, 2.75) is 26.3 Å². The van der Waals surface area contributed by atoms with Gasteiger partial charge in [0.1, 0.15) is 0 Å². The van der Waals surface area contributed by atoms with Crippen LogP contribution in [0.4, 0.5) is 0 Å². The molecule has 16 heavy (non-hydrogen) atoms. The van der Waals surface area contributed by atoms with Gasteiger partial charge in [0.25, 0.3) is 0 Å². The minimum atomic E-state index is -2.65. The van der Waals surface area contributed by atoms with Crippen LogP contribution in [0.3, 0.4) is 0 Å². The maximum absolute atomic E-state index is 11.1. The molecular formula is C10H20O5Si. The summed E-state index contributed by atoms with van der Waals surface area (Å²) in [4.78, 5) is 11.1. The first kappa shape index (κ1) is 15.3. The Morgan fingerprint density at radius 3 is 2.25 bits per heavy atom. The summed E-state index contributed by atoms with van der Waals surface area (Å²) in [6.07, 6.45) is 0.877. The van der Waals surface area contributed by atoms with Crippen molar-refractivity contribution in [3.05, 3.63) is 12.2 Å². The Labute approximate surface area is 97.7 Å². The van der Waals surface area contributed by atoms with Crippen LogP contribution in [0.25, 0.3) is 0 Å². The number of esters is 1. The molecule has 0 bridgehead atoms. The summed E-state index contributed by atoms with van der Waals surface area (Å²) in [7, 11) is 0.415. The molecule has 0 aromatic carbocycles. The minimum Gasteiger partial charge on any atom is -0.436 e. The van der Waals surface area contributed by atoms with Gasteiger partial charge in [-0.1, -0.05) is 19.9 Å². The number of carbonyl (C=O) groups excluding carboxylic acids is 1. The molecule has 0 aliphatic rings. The molecule has 94 valence electrons. The standard InChI is InChI=1S/C10H20O5Si/c1-6-7-16(12-4,13-5)15-8-14-10(11)9(2)3/h2,6-8H2,1,3-5H3. The number of carbonyl (C=O) groups is 1. The summed E-state index contributed by atoms with van der Waals surface area (Å²) in [5.74, 6) is -0.480. The first-order valence-corrected chi connectivity index (χ1v) is 7.01. The van der Waals surface area contributed by atoms with E-state index in [2.05, 4.69) is 6.58 Å². The van der Waals surface area contributed by atoms with Crippen molar-refractivity contribution in [3.63, 3.8) is 0 Å². The molecular weight excluding hydrogens is 228 g/mol. The first-order valence-electron chi connectivity index (χ1n) is 5.08. The van der Waals surface area contributed by atoms with Crippen LogP contribution in [0.2, 0.25) is 6.04 Å². The molecule has 0 aromatic rings. The molecule has 0 radical (unpaired) electrons. The van der Waals surface area contributed by atoms with Crippen molar-refractivity contribution >= 4 is 14.8 Å². The van der Waals surface area contributed by atoms with E-state index in [9.17, 15) is 4.79 Å². The fourth-order valence-electron chi connectivity index (χ4n) is 1.08. The van der Waals surface area contributed by atoms with Crippen molar-refractivity contribution in [1.29, 1.82) is 0 Å². The normalized spacial score (nSPS) is 11.2. The lowest BCUT2D eigenvalue weighted by atomic mass is 10.4. The molecule has 0 rings (SSSR count). The van der Waals surface area contributed by atoms with E-state index in [1.54, 1.807) is 6.92 Å². The van der Waals surface area contributed by atoms with Crippen molar-refractivity contribution in [2.75, 3.05) is 21.0 Å². The summed E-state index contributed by atoms with van der Waals surface area (Å²) in [5.41, 5.74) is 0.334. The Bertz CT molecular complexity index is 237. The lowest BCUT2D eigenvalue weighted by Gasteiger charge is -2.25. The molecule has 0 amide bonds. The highest BCUT2D eigenvalue weighted by molar-refractivity contribution is 6.60. The summed E-state index contributed by atoms with van der Waals surface area (Å²) in [6.45, 7) is 6.88. The Morgan fingerprint density at radius 1 is 1.31 bits per heavy atom. The molecule has 0 atom stereocenters. The lowest BCUT2D eigenvalue weighted by Crippen LogP contribution is -2.44. The third kappa shape index (κ3) is 4.89. The molecule has 0 N–H and O–H groups in total. The van der Waals surface area contributed by atoms with E-state index >= 15 is 0 Å². The van der Waals surface area contributed by atoms with Gasteiger partial charge < -0.3 is 18.0 Å². The predicted octanol–water partition coefficient (Wildman–Crippen LogP) is 1.72. The zero-order valence-electron chi connectivity index (χ0n) is 10.4. The molecule has 0 saturated heterocycles. The van der Waals surface area contributed by atoms with Crippen molar-refractivity contribution < 1.29 is 22.8 Å². The van der Waals surface area contributed by atoms with Gasteiger partial charge in [-0.25, -0.2) is 4.79 Å². The van der Waals surface area contributed by atoms with Gasteiger partial charge in [-0.15, -0.1) is 0 Å². The average molecular weight is 248 g/mol. The largest absolute Gasteiger partial charge is 0.502 e. The second kappa shape index (κ2) is 7.56. The molecule has 0 aliphatic heterocycles. The SMILES string of the molecule is C=C(C)C(=O)OCO[Si](CCC)(OC)OC. The highest BCUT2D eigenvalue weighted by Gasteiger charge is 2.38. The second-order valence-corrected chi connectivity index (χ2v) is 6.29. The van der Waals surface area contributed by atoms with Gasteiger partial charge in [-0.05, 0) is 6.92 Å². The van der Waals surface area contributed by atoms with Gasteiger partial charge in [0.2, 0.25) is 0 Å². The van der Waals surface area contributed by atoms with Gasteiger partial charge >= 0.3 is 14.8 Å². The van der Waals surface area contributed by atoms with E-state index < -0.39 is 14.8 Å². The molecule has 0 heterocycles. The van der Waals surface area contributed by atoms with E-state index in [0.29, 0.717) is 11.6 Å². The summed E-state index contributed by atoms with van der Waals surface area (Å²) >= 11 is 0. The van der Waals surface area contributed by atoms with Crippen LogP contribution in [0, 0.1) is 0 Å². The molecule has 6 heteroatoms. The highest BCUT2D eigenvalue weighted by Crippen LogP contribution is 2.15. The number of hydrogen-bond donors (Lipinski definition) is 0. The van der Waals surface area contributed by atoms with Gasteiger partial charge in [-0.3, -0.25) is 0 Å². The molecule has 0 spiro atoms. The van der Waals surface area contributed by atoms with E-state index in [0.717, 1.165) is 6.42 Å².